The van der Waals surface area contributed by atoms with Crippen LogP contribution in [-0.2, 0) is 10.2 Å². The van der Waals surface area contributed by atoms with Crippen LogP contribution in [0.4, 0.5) is 5.82 Å². The molecule has 112 valence electrons. The zero-order valence-corrected chi connectivity index (χ0v) is 12.8. The van der Waals surface area contributed by atoms with Gasteiger partial charge in [0.15, 0.2) is 0 Å². The van der Waals surface area contributed by atoms with Crippen LogP contribution < -0.4 is 4.90 Å². The van der Waals surface area contributed by atoms with Crippen molar-refractivity contribution in [1.82, 2.24) is 18.6 Å². The number of aromatic nitrogens is 2. The lowest BCUT2D eigenvalue weighted by Gasteiger charge is -2.36. The Hall–Kier alpha value is -1.25. The summed E-state index contributed by atoms with van der Waals surface area (Å²) in [4.78, 5) is 10.3. The van der Waals surface area contributed by atoms with Gasteiger partial charge in [0, 0.05) is 51.7 Å². The molecule has 0 unspecified atom stereocenters. The Labute approximate surface area is 120 Å². The average Bonchev–Trinajstić information content (AvgIpc) is 2.49. The molecule has 1 fully saturated rings. The van der Waals surface area contributed by atoms with Crippen molar-refractivity contribution in [3.05, 3.63) is 18.6 Å². The lowest BCUT2D eigenvalue weighted by molar-refractivity contribution is 0.333. The Morgan fingerprint density at radius 1 is 1.15 bits per heavy atom. The molecule has 0 saturated carbocycles. The predicted molar refractivity (Wildman–Crippen MR) is 77.7 cm³/mol. The Balaban J connectivity index is 2.01. The highest BCUT2D eigenvalue weighted by Crippen LogP contribution is 2.15. The molecule has 0 radical (unpaired) electrons. The first-order valence-corrected chi connectivity index (χ1v) is 8.25. The fraction of sp³-hybridized carbons (Fsp3) is 0.667. The molecule has 1 aliphatic heterocycles. The normalized spacial score (nSPS) is 17.6. The van der Waals surface area contributed by atoms with Gasteiger partial charge in [-0.15, -0.1) is 0 Å². The van der Waals surface area contributed by atoms with Gasteiger partial charge in [-0.05, 0) is 0 Å². The van der Waals surface area contributed by atoms with Gasteiger partial charge >= 0.3 is 0 Å². The van der Waals surface area contributed by atoms with E-state index in [0.717, 1.165) is 5.82 Å². The summed E-state index contributed by atoms with van der Waals surface area (Å²) in [6.45, 7) is 6.96. The minimum Gasteiger partial charge on any atom is -0.353 e. The molecule has 1 aliphatic rings. The lowest BCUT2D eigenvalue weighted by Crippen LogP contribution is -2.53. The van der Waals surface area contributed by atoms with Gasteiger partial charge in [0.1, 0.15) is 5.82 Å². The van der Waals surface area contributed by atoms with Gasteiger partial charge in [-0.1, -0.05) is 13.8 Å². The number of piperazine rings is 1. The van der Waals surface area contributed by atoms with Crippen molar-refractivity contribution in [3.63, 3.8) is 0 Å². The SMILES string of the molecule is CCN(CC)S(=O)(=O)N1CCN(c2cnccn2)CC1. The molecule has 0 spiro atoms. The van der Waals surface area contributed by atoms with Crippen LogP contribution in [0.1, 0.15) is 13.8 Å². The van der Waals surface area contributed by atoms with Crippen LogP contribution >= 0.6 is 0 Å². The summed E-state index contributed by atoms with van der Waals surface area (Å²) in [7, 11) is -3.33. The summed E-state index contributed by atoms with van der Waals surface area (Å²) in [6, 6.07) is 0. The fourth-order valence-electron chi connectivity index (χ4n) is 2.32. The van der Waals surface area contributed by atoms with Gasteiger partial charge in [0.2, 0.25) is 0 Å². The standard InChI is InChI=1S/C12H21N5O2S/c1-3-16(4-2)20(18,19)17-9-7-15(8-10-17)12-11-13-5-6-14-12/h5-6,11H,3-4,7-10H2,1-2H3. The molecule has 20 heavy (non-hydrogen) atoms. The van der Waals surface area contributed by atoms with Gasteiger partial charge in [-0.25, -0.2) is 4.98 Å². The quantitative estimate of drug-likeness (QED) is 0.776. The minimum absolute atomic E-state index is 0.482. The first-order valence-electron chi connectivity index (χ1n) is 6.85. The second-order valence-corrected chi connectivity index (χ2v) is 6.47. The van der Waals surface area contributed by atoms with E-state index in [0.29, 0.717) is 39.3 Å². The Morgan fingerprint density at radius 3 is 2.30 bits per heavy atom. The summed E-state index contributed by atoms with van der Waals surface area (Å²) < 4.78 is 27.8. The van der Waals surface area contributed by atoms with E-state index in [4.69, 9.17) is 0 Å². The van der Waals surface area contributed by atoms with E-state index in [1.807, 2.05) is 13.8 Å². The molecule has 1 saturated heterocycles. The molecule has 1 aromatic heterocycles. The zero-order chi connectivity index (χ0) is 14.6. The number of hydrogen-bond donors (Lipinski definition) is 0. The van der Waals surface area contributed by atoms with E-state index in [9.17, 15) is 8.42 Å². The molecule has 0 aromatic carbocycles. The Kier molecular flexibility index (Phi) is 4.90. The number of nitrogens with zero attached hydrogens (tertiary/aromatic N) is 5. The van der Waals surface area contributed by atoms with Crippen LogP contribution in [0.3, 0.4) is 0 Å². The summed E-state index contributed by atoms with van der Waals surface area (Å²) in [5.41, 5.74) is 0. The van der Waals surface area contributed by atoms with Gasteiger partial charge < -0.3 is 4.90 Å². The first kappa shape index (κ1) is 15.1. The molecule has 0 aliphatic carbocycles. The van der Waals surface area contributed by atoms with Crippen molar-refractivity contribution in [2.45, 2.75) is 13.8 Å². The highest BCUT2D eigenvalue weighted by molar-refractivity contribution is 7.86. The van der Waals surface area contributed by atoms with Gasteiger partial charge in [-0.2, -0.15) is 17.0 Å². The highest BCUT2D eigenvalue weighted by Gasteiger charge is 2.30. The van der Waals surface area contributed by atoms with Crippen LogP contribution in [-0.4, -0.2) is 66.3 Å². The molecule has 0 amide bonds. The summed E-state index contributed by atoms with van der Waals surface area (Å²) >= 11 is 0. The van der Waals surface area contributed by atoms with E-state index >= 15 is 0 Å². The van der Waals surface area contributed by atoms with Gasteiger partial charge in [0.05, 0.1) is 6.20 Å². The number of anilines is 1. The first-order chi connectivity index (χ1) is 9.59. The van der Waals surface area contributed by atoms with Crippen molar-refractivity contribution in [1.29, 1.82) is 0 Å². The third-order valence-electron chi connectivity index (χ3n) is 3.47. The number of hydrogen-bond acceptors (Lipinski definition) is 5. The maximum Gasteiger partial charge on any atom is 0.282 e. The monoisotopic (exact) mass is 299 g/mol. The maximum absolute atomic E-state index is 12.4. The zero-order valence-electron chi connectivity index (χ0n) is 11.9. The third kappa shape index (κ3) is 3.08. The van der Waals surface area contributed by atoms with E-state index in [-0.39, 0.29) is 0 Å². The van der Waals surface area contributed by atoms with Crippen molar-refractivity contribution >= 4 is 16.0 Å². The van der Waals surface area contributed by atoms with Crippen LogP contribution in [0.25, 0.3) is 0 Å². The molecular weight excluding hydrogens is 278 g/mol. The molecule has 7 nitrogen and oxygen atoms in total. The summed E-state index contributed by atoms with van der Waals surface area (Å²) in [5, 5.41) is 0. The third-order valence-corrected chi connectivity index (χ3v) is 5.66. The number of rotatable bonds is 5. The van der Waals surface area contributed by atoms with Crippen molar-refractivity contribution in [2.24, 2.45) is 0 Å². The smallest absolute Gasteiger partial charge is 0.282 e. The molecule has 1 aromatic rings. The predicted octanol–water partition coefficient (Wildman–Crippen LogP) is 0.185. The molecule has 0 bridgehead atoms. The van der Waals surface area contributed by atoms with Crippen LogP contribution in [0, 0.1) is 0 Å². The maximum atomic E-state index is 12.4. The highest BCUT2D eigenvalue weighted by atomic mass is 32.2. The van der Waals surface area contributed by atoms with E-state index in [1.165, 1.54) is 4.31 Å². The molecule has 2 heterocycles. The van der Waals surface area contributed by atoms with E-state index in [1.54, 1.807) is 22.9 Å². The summed E-state index contributed by atoms with van der Waals surface area (Å²) in [5.74, 6) is 0.799. The molecule has 2 rings (SSSR count). The van der Waals surface area contributed by atoms with Crippen molar-refractivity contribution in [2.75, 3.05) is 44.2 Å². The topological polar surface area (TPSA) is 69.6 Å². The second kappa shape index (κ2) is 6.47. The fourth-order valence-corrected chi connectivity index (χ4v) is 3.92. The van der Waals surface area contributed by atoms with Crippen molar-refractivity contribution < 1.29 is 8.42 Å². The Morgan fingerprint density at radius 2 is 1.80 bits per heavy atom. The van der Waals surface area contributed by atoms with E-state index in [2.05, 4.69) is 14.9 Å². The van der Waals surface area contributed by atoms with Crippen LogP contribution in [0.2, 0.25) is 0 Å². The van der Waals surface area contributed by atoms with Gasteiger partial charge in [0.25, 0.3) is 10.2 Å². The van der Waals surface area contributed by atoms with E-state index < -0.39 is 10.2 Å². The largest absolute Gasteiger partial charge is 0.353 e. The van der Waals surface area contributed by atoms with Crippen molar-refractivity contribution in [3.8, 4) is 0 Å². The van der Waals surface area contributed by atoms with Crippen LogP contribution in [0.15, 0.2) is 18.6 Å². The van der Waals surface area contributed by atoms with Crippen LogP contribution in [0.5, 0.6) is 0 Å². The minimum atomic E-state index is -3.33. The molecule has 8 heteroatoms. The molecule has 0 N–H and O–H groups in total. The second-order valence-electron chi connectivity index (χ2n) is 4.54. The average molecular weight is 299 g/mol. The Bertz CT molecular complexity index is 510. The van der Waals surface area contributed by atoms with Gasteiger partial charge in [-0.3, -0.25) is 4.98 Å². The lowest BCUT2D eigenvalue weighted by atomic mass is 10.3. The summed E-state index contributed by atoms with van der Waals surface area (Å²) in [6.07, 6.45) is 4.98. The molecule has 0 atom stereocenters. The molecular formula is C12H21N5O2S.